The van der Waals surface area contributed by atoms with E-state index in [0.29, 0.717) is 36.7 Å². The van der Waals surface area contributed by atoms with Crippen molar-refractivity contribution in [3.05, 3.63) is 71.0 Å². The number of aryl methyl sites for hydroxylation is 1. The first-order valence-electron chi connectivity index (χ1n) is 8.95. The first kappa shape index (κ1) is 17.7. The lowest BCUT2D eigenvalue weighted by Gasteiger charge is -2.36. The van der Waals surface area contributed by atoms with Crippen molar-refractivity contribution in [1.82, 2.24) is 9.88 Å². The number of para-hydroxylation sites is 1. The number of nitrogens with zero attached hydrogens (tertiary/aromatic N) is 3. The standard InChI is InChI=1S/C21H20FN3OS/c1-15-19(27-20(23-15)16-7-3-2-4-8-16)21(26)25-13-11-24(12-14-25)18-10-6-5-9-17(18)22/h2-10H,11-14H2,1H3. The molecule has 0 saturated carbocycles. The predicted octanol–water partition coefficient (Wildman–Crippen LogP) is 4.22. The summed E-state index contributed by atoms with van der Waals surface area (Å²) >= 11 is 1.44. The van der Waals surface area contributed by atoms with Gasteiger partial charge < -0.3 is 9.80 Å². The van der Waals surface area contributed by atoms with Crippen LogP contribution in [-0.2, 0) is 0 Å². The molecule has 0 radical (unpaired) electrons. The Morgan fingerprint density at radius 3 is 2.37 bits per heavy atom. The van der Waals surface area contributed by atoms with Crippen molar-refractivity contribution in [2.24, 2.45) is 0 Å². The second-order valence-electron chi connectivity index (χ2n) is 6.53. The molecule has 2 heterocycles. The fourth-order valence-electron chi connectivity index (χ4n) is 3.30. The van der Waals surface area contributed by atoms with Crippen molar-refractivity contribution in [2.45, 2.75) is 6.92 Å². The fourth-order valence-corrected chi connectivity index (χ4v) is 4.34. The van der Waals surface area contributed by atoms with E-state index in [1.54, 1.807) is 12.1 Å². The Balaban J connectivity index is 1.47. The number of piperazine rings is 1. The number of benzene rings is 2. The number of carbonyl (C=O) groups excluding carboxylic acids is 1. The molecule has 0 aliphatic carbocycles. The smallest absolute Gasteiger partial charge is 0.265 e. The van der Waals surface area contributed by atoms with Crippen LogP contribution in [0.3, 0.4) is 0 Å². The minimum Gasteiger partial charge on any atom is -0.366 e. The molecule has 1 fully saturated rings. The lowest BCUT2D eigenvalue weighted by Crippen LogP contribution is -2.49. The molecule has 27 heavy (non-hydrogen) atoms. The fraction of sp³-hybridized carbons (Fsp3) is 0.238. The van der Waals surface area contributed by atoms with E-state index in [4.69, 9.17) is 0 Å². The third-order valence-electron chi connectivity index (χ3n) is 4.77. The quantitative estimate of drug-likeness (QED) is 0.682. The highest BCUT2D eigenvalue weighted by molar-refractivity contribution is 7.17. The van der Waals surface area contributed by atoms with Gasteiger partial charge in [0.05, 0.1) is 11.4 Å². The van der Waals surface area contributed by atoms with Gasteiger partial charge in [-0.3, -0.25) is 4.79 Å². The van der Waals surface area contributed by atoms with Crippen molar-refractivity contribution < 1.29 is 9.18 Å². The van der Waals surface area contributed by atoms with Gasteiger partial charge in [0.1, 0.15) is 15.7 Å². The molecule has 0 bridgehead atoms. The Morgan fingerprint density at radius 1 is 1.00 bits per heavy atom. The molecule has 3 aromatic rings. The summed E-state index contributed by atoms with van der Waals surface area (Å²) in [6.45, 7) is 4.27. The van der Waals surface area contributed by atoms with Crippen LogP contribution < -0.4 is 4.90 Å². The van der Waals surface area contributed by atoms with Gasteiger partial charge in [0.15, 0.2) is 0 Å². The van der Waals surface area contributed by atoms with Gasteiger partial charge >= 0.3 is 0 Å². The zero-order valence-electron chi connectivity index (χ0n) is 15.1. The third kappa shape index (κ3) is 3.57. The third-order valence-corrected chi connectivity index (χ3v) is 5.97. The van der Waals surface area contributed by atoms with Crippen LogP contribution in [0, 0.1) is 12.7 Å². The van der Waals surface area contributed by atoms with E-state index < -0.39 is 0 Å². The summed E-state index contributed by atoms with van der Waals surface area (Å²) in [5.74, 6) is -0.205. The average Bonchev–Trinajstić information content (AvgIpc) is 3.10. The van der Waals surface area contributed by atoms with E-state index in [9.17, 15) is 9.18 Å². The number of aromatic nitrogens is 1. The van der Waals surface area contributed by atoms with E-state index in [2.05, 4.69) is 4.98 Å². The van der Waals surface area contributed by atoms with Gasteiger partial charge in [-0.05, 0) is 19.1 Å². The molecule has 1 aromatic heterocycles. The van der Waals surface area contributed by atoms with Gasteiger partial charge in [0, 0.05) is 31.7 Å². The second-order valence-corrected chi connectivity index (χ2v) is 7.53. The Kier molecular flexibility index (Phi) is 4.90. The van der Waals surface area contributed by atoms with Crippen LogP contribution in [0.15, 0.2) is 54.6 Å². The molecule has 138 valence electrons. The van der Waals surface area contributed by atoms with Crippen LogP contribution in [0.25, 0.3) is 10.6 Å². The lowest BCUT2D eigenvalue weighted by molar-refractivity contribution is 0.0750. The van der Waals surface area contributed by atoms with E-state index in [1.165, 1.54) is 17.4 Å². The maximum Gasteiger partial charge on any atom is 0.265 e. The first-order chi connectivity index (χ1) is 13.1. The van der Waals surface area contributed by atoms with Gasteiger partial charge in [-0.1, -0.05) is 42.5 Å². The van der Waals surface area contributed by atoms with Gasteiger partial charge in [-0.2, -0.15) is 0 Å². The molecule has 4 nitrogen and oxygen atoms in total. The molecule has 0 unspecified atom stereocenters. The van der Waals surface area contributed by atoms with Crippen LogP contribution in [0.4, 0.5) is 10.1 Å². The molecule has 0 N–H and O–H groups in total. The maximum atomic E-state index is 14.0. The molecule has 1 aliphatic rings. The van der Waals surface area contributed by atoms with Crippen LogP contribution in [0.5, 0.6) is 0 Å². The van der Waals surface area contributed by atoms with E-state index in [0.717, 1.165) is 16.3 Å². The Morgan fingerprint density at radius 2 is 1.67 bits per heavy atom. The monoisotopic (exact) mass is 381 g/mol. The highest BCUT2D eigenvalue weighted by Gasteiger charge is 2.26. The molecule has 1 saturated heterocycles. The molecule has 1 aliphatic heterocycles. The molecule has 2 aromatic carbocycles. The summed E-state index contributed by atoms with van der Waals surface area (Å²) in [5.41, 5.74) is 2.39. The predicted molar refractivity (Wildman–Crippen MR) is 107 cm³/mol. The van der Waals surface area contributed by atoms with Crippen molar-refractivity contribution >= 4 is 22.9 Å². The first-order valence-corrected chi connectivity index (χ1v) is 9.77. The minimum atomic E-state index is -0.219. The summed E-state index contributed by atoms with van der Waals surface area (Å²) in [5, 5.41) is 0.862. The Hall–Kier alpha value is -2.73. The van der Waals surface area contributed by atoms with Crippen molar-refractivity contribution in [2.75, 3.05) is 31.1 Å². The van der Waals surface area contributed by atoms with Crippen LogP contribution in [0.2, 0.25) is 0 Å². The highest BCUT2D eigenvalue weighted by atomic mass is 32.1. The van der Waals surface area contributed by atoms with Crippen molar-refractivity contribution in [3.8, 4) is 10.6 Å². The van der Waals surface area contributed by atoms with Gasteiger partial charge in [0.25, 0.3) is 5.91 Å². The lowest BCUT2D eigenvalue weighted by atomic mass is 10.2. The summed E-state index contributed by atoms with van der Waals surface area (Å²) in [6.07, 6.45) is 0. The molecule has 0 atom stereocenters. The number of amides is 1. The molecule has 6 heteroatoms. The Bertz CT molecular complexity index is 949. The van der Waals surface area contributed by atoms with Gasteiger partial charge in [0.2, 0.25) is 0 Å². The summed E-state index contributed by atoms with van der Waals surface area (Å²) < 4.78 is 14.0. The number of hydrogen-bond donors (Lipinski definition) is 0. The topological polar surface area (TPSA) is 36.4 Å². The van der Waals surface area contributed by atoms with Crippen LogP contribution in [0.1, 0.15) is 15.4 Å². The number of halogens is 1. The normalized spacial score (nSPS) is 14.4. The zero-order valence-corrected chi connectivity index (χ0v) is 15.9. The maximum absolute atomic E-state index is 14.0. The molecule has 1 amide bonds. The molecule has 4 rings (SSSR count). The summed E-state index contributed by atoms with van der Waals surface area (Å²) in [6, 6.07) is 16.7. The van der Waals surface area contributed by atoms with E-state index in [-0.39, 0.29) is 11.7 Å². The van der Waals surface area contributed by atoms with Crippen LogP contribution >= 0.6 is 11.3 Å². The van der Waals surface area contributed by atoms with Crippen molar-refractivity contribution in [1.29, 1.82) is 0 Å². The summed E-state index contributed by atoms with van der Waals surface area (Å²) in [7, 11) is 0. The zero-order chi connectivity index (χ0) is 18.8. The summed E-state index contributed by atoms with van der Waals surface area (Å²) in [4.78, 5) is 22.1. The second kappa shape index (κ2) is 7.48. The van der Waals surface area contributed by atoms with Crippen LogP contribution in [-0.4, -0.2) is 42.0 Å². The number of carbonyl (C=O) groups is 1. The molecular formula is C21H20FN3OS. The van der Waals surface area contributed by atoms with E-state index in [1.807, 2.05) is 53.1 Å². The Labute approximate surface area is 161 Å². The average molecular weight is 381 g/mol. The molecular weight excluding hydrogens is 361 g/mol. The van der Waals surface area contributed by atoms with Gasteiger partial charge in [-0.25, -0.2) is 9.37 Å². The number of hydrogen-bond acceptors (Lipinski definition) is 4. The SMILES string of the molecule is Cc1nc(-c2ccccc2)sc1C(=O)N1CCN(c2ccccc2F)CC1. The van der Waals surface area contributed by atoms with Gasteiger partial charge in [-0.15, -0.1) is 11.3 Å². The number of rotatable bonds is 3. The van der Waals surface area contributed by atoms with E-state index >= 15 is 0 Å². The largest absolute Gasteiger partial charge is 0.366 e. The van der Waals surface area contributed by atoms with Crippen molar-refractivity contribution in [3.63, 3.8) is 0 Å². The minimum absolute atomic E-state index is 0.0142. The molecule has 0 spiro atoms. The number of anilines is 1. The highest BCUT2D eigenvalue weighted by Crippen LogP contribution is 2.29. The number of thiazole rings is 1.